The second-order valence-corrected chi connectivity index (χ2v) is 4.73. The molecule has 0 bridgehead atoms. The van der Waals surface area contributed by atoms with Gasteiger partial charge in [-0.1, -0.05) is 11.6 Å². The number of benzene rings is 1. The van der Waals surface area contributed by atoms with Crippen LogP contribution in [0.5, 0.6) is 5.75 Å². The number of Topliss-reactive ketones (excluding diaryl/α,β-unsaturated/α-hetero) is 1. The number of carbonyl (C=O) groups is 1. The van der Waals surface area contributed by atoms with E-state index in [1.165, 1.54) is 7.11 Å². The number of nitrogens with zero attached hydrogens (tertiary/aromatic N) is 1. The zero-order chi connectivity index (χ0) is 12.6. The summed E-state index contributed by atoms with van der Waals surface area (Å²) in [4.78, 5) is 12.2. The van der Waals surface area contributed by atoms with Crippen molar-refractivity contribution in [1.82, 2.24) is 0 Å². The first-order valence-electron chi connectivity index (χ1n) is 5.34. The number of ether oxygens (including phenoxy) is 1. The van der Waals surface area contributed by atoms with Gasteiger partial charge in [-0.25, -0.2) is 0 Å². The second-order valence-electron chi connectivity index (χ2n) is 4.32. The van der Waals surface area contributed by atoms with Crippen LogP contribution in [0.3, 0.4) is 0 Å². The van der Waals surface area contributed by atoms with Gasteiger partial charge in [-0.05, 0) is 37.5 Å². The van der Waals surface area contributed by atoms with Crippen LogP contribution in [-0.2, 0) is 0 Å². The third kappa shape index (κ3) is 1.89. The largest absolute Gasteiger partial charge is 0.495 e. The van der Waals surface area contributed by atoms with E-state index in [-0.39, 0.29) is 5.78 Å². The third-order valence-corrected chi connectivity index (χ3v) is 3.44. The molecular formula is C13H12ClNO2. The smallest absolute Gasteiger partial charge is 0.183 e. The Kier molecular flexibility index (Phi) is 2.84. The summed E-state index contributed by atoms with van der Waals surface area (Å²) in [6, 6.07) is 5.42. The van der Waals surface area contributed by atoms with Crippen molar-refractivity contribution in [3.63, 3.8) is 0 Å². The molecule has 1 fully saturated rings. The lowest BCUT2D eigenvalue weighted by Crippen LogP contribution is -2.15. The zero-order valence-corrected chi connectivity index (χ0v) is 10.5. The Morgan fingerprint density at radius 3 is 2.65 bits per heavy atom. The van der Waals surface area contributed by atoms with E-state index in [9.17, 15) is 4.79 Å². The van der Waals surface area contributed by atoms with E-state index in [0.717, 1.165) is 5.56 Å². The second kappa shape index (κ2) is 4.05. The summed E-state index contributed by atoms with van der Waals surface area (Å²) in [5.41, 5.74) is 0.510. The Labute approximate surface area is 105 Å². The minimum absolute atomic E-state index is 0.123. The monoisotopic (exact) mass is 249 g/mol. The average Bonchev–Trinajstić information content (AvgIpc) is 3.11. The molecule has 0 atom stereocenters. The van der Waals surface area contributed by atoms with Gasteiger partial charge in [0.05, 0.1) is 18.2 Å². The number of halogens is 1. The average molecular weight is 250 g/mol. The highest BCUT2D eigenvalue weighted by Gasteiger charge is 2.51. The molecule has 1 aliphatic rings. The fourth-order valence-corrected chi connectivity index (χ4v) is 2.07. The summed E-state index contributed by atoms with van der Waals surface area (Å²) in [7, 11) is 1.53. The van der Waals surface area contributed by atoms with Gasteiger partial charge in [0, 0.05) is 5.56 Å². The summed E-state index contributed by atoms with van der Waals surface area (Å²) >= 11 is 6.00. The molecule has 2 rings (SSSR count). The van der Waals surface area contributed by atoms with E-state index in [0.29, 0.717) is 29.2 Å². The van der Waals surface area contributed by atoms with Crippen LogP contribution in [0, 0.1) is 23.7 Å². The van der Waals surface area contributed by atoms with E-state index in [1.807, 2.05) is 6.92 Å². The number of ketones is 1. The highest BCUT2D eigenvalue weighted by molar-refractivity contribution is 6.32. The van der Waals surface area contributed by atoms with E-state index in [1.54, 1.807) is 12.1 Å². The predicted molar refractivity (Wildman–Crippen MR) is 64.4 cm³/mol. The van der Waals surface area contributed by atoms with Crippen LogP contribution in [0.15, 0.2) is 12.1 Å². The van der Waals surface area contributed by atoms with E-state index >= 15 is 0 Å². The van der Waals surface area contributed by atoms with Gasteiger partial charge >= 0.3 is 0 Å². The summed E-state index contributed by atoms with van der Waals surface area (Å²) in [6.07, 6.45) is 1.29. The van der Waals surface area contributed by atoms with Gasteiger partial charge < -0.3 is 4.74 Å². The molecule has 1 aromatic carbocycles. The van der Waals surface area contributed by atoms with Crippen LogP contribution in [0.2, 0.25) is 5.02 Å². The topological polar surface area (TPSA) is 50.1 Å². The van der Waals surface area contributed by atoms with Gasteiger partial charge in [0.25, 0.3) is 0 Å². The number of aryl methyl sites for hydroxylation is 1. The van der Waals surface area contributed by atoms with Crippen molar-refractivity contribution in [2.24, 2.45) is 5.41 Å². The molecule has 0 unspecified atom stereocenters. The van der Waals surface area contributed by atoms with E-state index < -0.39 is 5.41 Å². The minimum atomic E-state index is -0.803. The fourth-order valence-electron chi connectivity index (χ4n) is 1.83. The lowest BCUT2D eigenvalue weighted by molar-refractivity contribution is 0.0934. The standard InChI is InChI=1S/C13H12ClNO2/c1-8-5-11(17-2)10(14)6-9(8)12(16)13(7-15)3-4-13/h5-6H,3-4H2,1-2H3. The molecule has 1 aliphatic carbocycles. The van der Waals surface area contributed by atoms with Gasteiger partial charge in [-0.2, -0.15) is 5.26 Å². The molecule has 0 saturated heterocycles. The first kappa shape index (κ1) is 11.9. The van der Waals surface area contributed by atoms with Gasteiger partial charge in [-0.3, -0.25) is 4.79 Å². The Hall–Kier alpha value is -1.53. The van der Waals surface area contributed by atoms with Crippen LogP contribution in [0.4, 0.5) is 0 Å². The molecule has 3 nitrogen and oxygen atoms in total. The van der Waals surface area contributed by atoms with Crippen molar-refractivity contribution in [3.8, 4) is 11.8 Å². The van der Waals surface area contributed by atoms with Gasteiger partial charge in [0.1, 0.15) is 11.2 Å². The maximum absolute atomic E-state index is 12.2. The minimum Gasteiger partial charge on any atom is -0.495 e. The van der Waals surface area contributed by atoms with Crippen LogP contribution in [0.1, 0.15) is 28.8 Å². The SMILES string of the molecule is COc1cc(C)c(C(=O)C2(C#N)CC2)cc1Cl. The molecule has 17 heavy (non-hydrogen) atoms. The first-order valence-corrected chi connectivity index (χ1v) is 5.72. The predicted octanol–water partition coefficient (Wildman–Crippen LogP) is 3.14. The molecule has 0 aliphatic heterocycles. The lowest BCUT2D eigenvalue weighted by atomic mass is 9.93. The molecule has 0 spiro atoms. The van der Waals surface area contributed by atoms with E-state index in [2.05, 4.69) is 6.07 Å². The van der Waals surface area contributed by atoms with Crippen molar-refractivity contribution < 1.29 is 9.53 Å². The van der Waals surface area contributed by atoms with Crippen molar-refractivity contribution in [3.05, 3.63) is 28.3 Å². The van der Waals surface area contributed by atoms with Gasteiger partial charge in [0.15, 0.2) is 5.78 Å². The molecule has 4 heteroatoms. The molecule has 0 amide bonds. The van der Waals surface area contributed by atoms with E-state index in [4.69, 9.17) is 21.6 Å². The lowest BCUT2D eigenvalue weighted by Gasteiger charge is -2.11. The van der Waals surface area contributed by atoms with Gasteiger partial charge in [0.2, 0.25) is 0 Å². The number of rotatable bonds is 3. The molecule has 0 aromatic heterocycles. The van der Waals surface area contributed by atoms with Crippen LogP contribution in [0.25, 0.3) is 0 Å². The third-order valence-electron chi connectivity index (χ3n) is 3.14. The van der Waals surface area contributed by atoms with Crippen LogP contribution >= 0.6 is 11.6 Å². The molecule has 88 valence electrons. The molecule has 1 aromatic rings. The number of methoxy groups -OCH3 is 1. The maximum atomic E-state index is 12.2. The summed E-state index contributed by atoms with van der Waals surface area (Å²) < 4.78 is 5.08. The molecule has 0 N–H and O–H groups in total. The summed E-state index contributed by atoms with van der Waals surface area (Å²) in [5, 5.41) is 9.42. The number of hydrogen-bond donors (Lipinski definition) is 0. The quantitative estimate of drug-likeness (QED) is 0.774. The van der Waals surface area contributed by atoms with Crippen molar-refractivity contribution in [1.29, 1.82) is 5.26 Å². The highest BCUT2D eigenvalue weighted by Crippen LogP contribution is 2.48. The summed E-state index contributed by atoms with van der Waals surface area (Å²) in [5.74, 6) is 0.421. The van der Waals surface area contributed by atoms with Crippen LogP contribution in [-0.4, -0.2) is 12.9 Å². The normalized spacial score (nSPS) is 16.1. The Morgan fingerprint density at radius 2 is 2.18 bits per heavy atom. The summed E-state index contributed by atoms with van der Waals surface area (Å²) in [6.45, 7) is 1.82. The first-order chi connectivity index (χ1) is 8.04. The Balaban J connectivity index is 2.44. The number of carbonyl (C=O) groups excluding carboxylic acids is 1. The fraction of sp³-hybridized carbons (Fsp3) is 0.385. The van der Waals surface area contributed by atoms with Crippen LogP contribution < -0.4 is 4.74 Å². The molecule has 1 saturated carbocycles. The number of nitriles is 1. The van der Waals surface area contributed by atoms with Crippen molar-refractivity contribution in [2.75, 3.05) is 7.11 Å². The highest BCUT2D eigenvalue weighted by atomic mass is 35.5. The van der Waals surface area contributed by atoms with Gasteiger partial charge in [-0.15, -0.1) is 0 Å². The Morgan fingerprint density at radius 1 is 1.53 bits per heavy atom. The molecule has 0 radical (unpaired) electrons. The number of hydrogen-bond acceptors (Lipinski definition) is 3. The Bertz CT molecular complexity index is 527. The maximum Gasteiger partial charge on any atom is 0.183 e. The van der Waals surface area contributed by atoms with Crippen molar-refractivity contribution >= 4 is 17.4 Å². The van der Waals surface area contributed by atoms with Crippen molar-refractivity contribution in [2.45, 2.75) is 19.8 Å². The molecule has 0 heterocycles. The molecular weight excluding hydrogens is 238 g/mol. The zero-order valence-electron chi connectivity index (χ0n) is 9.71.